The first kappa shape index (κ1) is 13.0. The lowest BCUT2D eigenvalue weighted by Crippen LogP contribution is -2.26. The van der Waals surface area contributed by atoms with Crippen molar-refractivity contribution >= 4 is 22.9 Å². The van der Waals surface area contributed by atoms with Crippen LogP contribution in [0.3, 0.4) is 0 Å². The average molecular weight is 299 g/mol. The second-order valence-corrected chi connectivity index (χ2v) is 6.56. The molecule has 4 rings (SSSR count). The number of carbonyl (C=O) groups excluding carboxylic acids is 1. The van der Waals surface area contributed by atoms with Gasteiger partial charge in [0.1, 0.15) is 5.01 Å². The van der Waals surface area contributed by atoms with Gasteiger partial charge in [-0.3, -0.25) is 4.79 Å². The predicted octanol–water partition coefficient (Wildman–Crippen LogP) is 3.12. The highest BCUT2D eigenvalue weighted by Crippen LogP contribution is 2.32. The van der Waals surface area contributed by atoms with Gasteiger partial charge in [0, 0.05) is 16.6 Å². The Hall–Kier alpha value is -1.72. The van der Waals surface area contributed by atoms with E-state index in [1.807, 2.05) is 12.1 Å². The lowest BCUT2D eigenvalue weighted by atomic mass is 10.1. The van der Waals surface area contributed by atoms with Crippen LogP contribution in [-0.4, -0.2) is 17.4 Å². The van der Waals surface area contributed by atoms with Crippen molar-refractivity contribution in [2.75, 3.05) is 11.9 Å². The van der Waals surface area contributed by atoms with Crippen LogP contribution >= 0.6 is 11.3 Å². The van der Waals surface area contributed by atoms with Crippen LogP contribution in [0.1, 0.15) is 35.9 Å². The van der Waals surface area contributed by atoms with Crippen LogP contribution in [0.15, 0.2) is 23.6 Å². The number of hydrogen-bond acceptors (Lipinski definition) is 4. The number of thiazole rings is 1. The largest absolute Gasteiger partial charge is 0.326 e. The van der Waals surface area contributed by atoms with Gasteiger partial charge in [-0.05, 0) is 37.1 Å². The lowest BCUT2D eigenvalue weighted by Gasteiger charge is -2.21. The van der Waals surface area contributed by atoms with Crippen molar-refractivity contribution in [3.63, 3.8) is 0 Å². The fraction of sp³-hybridized carbons (Fsp3) is 0.375. The van der Waals surface area contributed by atoms with Crippen LogP contribution in [0.2, 0.25) is 0 Å². The average Bonchev–Trinajstić information content (AvgIpc) is 3.12. The van der Waals surface area contributed by atoms with E-state index in [1.54, 1.807) is 11.3 Å². The fourth-order valence-corrected chi connectivity index (χ4v) is 3.97. The zero-order chi connectivity index (χ0) is 14.2. The molecule has 1 amide bonds. The van der Waals surface area contributed by atoms with Gasteiger partial charge in [0.15, 0.2) is 0 Å². The molecule has 21 heavy (non-hydrogen) atoms. The summed E-state index contributed by atoms with van der Waals surface area (Å²) in [6.07, 6.45) is 4.19. The van der Waals surface area contributed by atoms with E-state index in [4.69, 9.17) is 4.98 Å². The molecule has 0 bridgehead atoms. The molecule has 0 spiro atoms. The molecule has 2 N–H and O–H groups in total. The maximum absolute atomic E-state index is 11.4. The summed E-state index contributed by atoms with van der Waals surface area (Å²) < 4.78 is 0. The summed E-state index contributed by atoms with van der Waals surface area (Å²) >= 11 is 1.73. The number of fused-ring (bicyclic) bond motifs is 1. The van der Waals surface area contributed by atoms with Gasteiger partial charge in [-0.15, -0.1) is 11.3 Å². The van der Waals surface area contributed by atoms with Crippen LogP contribution in [-0.2, 0) is 11.2 Å². The van der Waals surface area contributed by atoms with Crippen LogP contribution < -0.4 is 10.6 Å². The van der Waals surface area contributed by atoms with E-state index < -0.39 is 0 Å². The molecule has 2 aliphatic rings. The van der Waals surface area contributed by atoms with E-state index in [2.05, 4.69) is 22.1 Å². The fourth-order valence-electron chi connectivity index (χ4n) is 3.03. The topological polar surface area (TPSA) is 54.0 Å². The molecule has 1 aromatic heterocycles. The predicted molar refractivity (Wildman–Crippen MR) is 84.5 cm³/mol. The van der Waals surface area contributed by atoms with Crippen LogP contribution in [0.5, 0.6) is 0 Å². The summed E-state index contributed by atoms with van der Waals surface area (Å²) in [6.45, 7) is 1.09. The highest BCUT2D eigenvalue weighted by molar-refractivity contribution is 7.10. The minimum Gasteiger partial charge on any atom is -0.326 e. The van der Waals surface area contributed by atoms with Crippen molar-refractivity contribution in [1.29, 1.82) is 0 Å². The van der Waals surface area contributed by atoms with Gasteiger partial charge in [0.2, 0.25) is 5.91 Å². The van der Waals surface area contributed by atoms with Gasteiger partial charge < -0.3 is 10.6 Å². The Labute approximate surface area is 127 Å². The van der Waals surface area contributed by atoms with E-state index in [0.717, 1.165) is 29.1 Å². The number of carbonyl (C=O) groups is 1. The molecular formula is C16H17N3OS. The van der Waals surface area contributed by atoms with Gasteiger partial charge in [0.05, 0.1) is 18.2 Å². The number of aromatic nitrogens is 1. The van der Waals surface area contributed by atoms with Crippen LogP contribution in [0.25, 0.3) is 11.3 Å². The number of benzene rings is 1. The molecule has 2 aromatic rings. The van der Waals surface area contributed by atoms with Crippen molar-refractivity contribution in [3.8, 4) is 11.3 Å². The third-order valence-electron chi connectivity index (χ3n) is 4.16. The number of nitrogens with zero attached hydrogens (tertiary/aromatic N) is 1. The Morgan fingerprint density at radius 2 is 2.24 bits per heavy atom. The summed E-state index contributed by atoms with van der Waals surface area (Å²) in [5.74, 6) is 0.0764. The van der Waals surface area contributed by atoms with Crippen LogP contribution in [0, 0.1) is 0 Å². The summed E-state index contributed by atoms with van der Waals surface area (Å²) in [7, 11) is 0. The molecule has 108 valence electrons. The molecule has 1 fully saturated rings. The Morgan fingerprint density at radius 3 is 3.10 bits per heavy atom. The molecule has 0 radical (unpaired) electrons. The third-order valence-corrected chi connectivity index (χ3v) is 5.11. The zero-order valence-corrected chi connectivity index (χ0v) is 12.5. The number of nitrogens with one attached hydrogen (secondary N) is 2. The van der Waals surface area contributed by atoms with Crippen LogP contribution in [0.4, 0.5) is 5.69 Å². The van der Waals surface area contributed by atoms with E-state index in [-0.39, 0.29) is 5.91 Å². The number of piperidine rings is 1. The molecule has 1 saturated heterocycles. The summed E-state index contributed by atoms with van der Waals surface area (Å²) in [5, 5.41) is 9.71. The summed E-state index contributed by atoms with van der Waals surface area (Å²) in [6, 6.07) is 6.51. The number of rotatable bonds is 2. The van der Waals surface area contributed by atoms with E-state index in [0.29, 0.717) is 12.5 Å². The maximum atomic E-state index is 11.4. The molecule has 1 atom stereocenters. The van der Waals surface area contributed by atoms with Gasteiger partial charge in [-0.25, -0.2) is 4.98 Å². The number of anilines is 1. The number of amides is 1. The van der Waals surface area contributed by atoms with Crippen molar-refractivity contribution in [1.82, 2.24) is 10.3 Å². The first-order valence-electron chi connectivity index (χ1n) is 7.41. The minimum atomic E-state index is 0.0764. The minimum absolute atomic E-state index is 0.0764. The second-order valence-electron chi connectivity index (χ2n) is 5.67. The van der Waals surface area contributed by atoms with Gasteiger partial charge >= 0.3 is 0 Å². The maximum Gasteiger partial charge on any atom is 0.228 e. The molecule has 2 aliphatic heterocycles. The van der Waals surface area contributed by atoms with Crippen molar-refractivity contribution in [2.45, 2.75) is 31.7 Å². The first-order valence-corrected chi connectivity index (χ1v) is 8.29. The van der Waals surface area contributed by atoms with Crippen molar-refractivity contribution in [2.24, 2.45) is 0 Å². The summed E-state index contributed by atoms with van der Waals surface area (Å²) in [4.78, 5) is 16.2. The Kier molecular flexibility index (Phi) is 3.24. The van der Waals surface area contributed by atoms with E-state index in [1.165, 1.54) is 24.3 Å². The third kappa shape index (κ3) is 2.47. The SMILES string of the molecule is O=C1Cc2cc(-c3csc(C4CCCCN4)n3)ccc2N1. The van der Waals surface area contributed by atoms with Crippen molar-refractivity contribution in [3.05, 3.63) is 34.2 Å². The first-order chi connectivity index (χ1) is 10.3. The molecule has 4 nitrogen and oxygen atoms in total. The lowest BCUT2D eigenvalue weighted by molar-refractivity contribution is -0.115. The molecular weight excluding hydrogens is 282 g/mol. The van der Waals surface area contributed by atoms with Gasteiger partial charge in [-0.1, -0.05) is 12.5 Å². The Balaban J connectivity index is 1.61. The highest BCUT2D eigenvalue weighted by Gasteiger charge is 2.20. The Morgan fingerprint density at radius 1 is 1.29 bits per heavy atom. The summed E-state index contributed by atoms with van der Waals surface area (Å²) in [5.41, 5.74) is 4.13. The quantitative estimate of drug-likeness (QED) is 0.896. The molecule has 5 heteroatoms. The number of hydrogen-bond donors (Lipinski definition) is 2. The second kappa shape index (κ2) is 5.24. The zero-order valence-electron chi connectivity index (χ0n) is 11.7. The molecule has 3 heterocycles. The highest BCUT2D eigenvalue weighted by atomic mass is 32.1. The van der Waals surface area contributed by atoms with E-state index >= 15 is 0 Å². The van der Waals surface area contributed by atoms with E-state index in [9.17, 15) is 4.79 Å². The smallest absolute Gasteiger partial charge is 0.228 e. The van der Waals surface area contributed by atoms with Gasteiger partial charge in [-0.2, -0.15) is 0 Å². The monoisotopic (exact) mass is 299 g/mol. The molecule has 1 unspecified atom stereocenters. The standard InChI is InChI=1S/C16H17N3OS/c20-15-8-11-7-10(4-5-12(11)18-15)14-9-21-16(19-14)13-3-1-2-6-17-13/h4-5,7,9,13,17H,1-3,6,8H2,(H,18,20). The molecule has 1 aromatic carbocycles. The van der Waals surface area contributed by atoms with Gasteiger partial charge in [0.25, 0.3) is 0 Å². The Bertz CT molecular complexity index is 689. The van der Waals surface area contributed by atoms with Crippen molar-refractivity contribution < 1.29 is 4.79 Å². The molecule has 0 saturated carbocycles. The molecule has 0 aliphatic carbocycles. The normalized spacial score (nSPS) is 21.1.